The van der Waals surface area contributed by atoms with E-state index in [9.17, 15) is 0 Å². The highest BCUT2D eigenvalue weighted by Crippen LogP contribution is 2.36. The van der Waals surface area contributed by atoms with E-state index in [-0.39, 0.29) is 0 Å². The molecule has 0 unspecified atom stereocenters. The predicted octanol–water partition coefficient (Wildman–Crippen LogP) is 1.94. The van der Waals surface area contributed by atoms with Gasteiger partial charge < -0.3 is 14.8 Å². The lowest BCUT2D eigenvalue weighted by Crippen LogP contribution is -2.10. The molecule has 0 fully saturated rings. The second kappa shape index (κ2) is 4.19. The Morgan fingerprint density at radius 1 is 1.36 bits per heavy atom. The first-order chi connectivity index (χ1) is 6.81. The van der Waals surface area contributed by atoms with E-state index in [0.29, 0.717) is 6.79 Å². The molecule has 14 heavy (non-hydrogen) atoms. The zero-order chi connectivity index (χ0) is 9.97. The van der Waals surface area contributed by atoms with Crippen molar-refractivity contribution in [3.63, 3.8) is 0 Å². The summed E-state index contributed by atoms with van der Waals surface area (Å²) in [6, 6.07) is 4.00. The highest BCUT2D eigenvalue weighted by atomic mass is 79.9. The number of fused-ring (bicyclic) bond motifs is 1. The van der Waals surface area contributed by atoms with Crippen LogP contribution in [-0.2, 0) is 6.42 Å². The van der Waals surface area contributed by atoms with Crippen LogP contribution in [0.3, 0.4) is 0 Å². The number of benzene rings is 1. The van der Waals surface area contributed by atoms with Crippen molar-refractivity contribution in [1.29, 1.82) is 0 Å². The third kappa shape index (κ3) is 1.86. The molecule has 1 aliphatic rings. The summed E-state index contributed by atoms with van der Waals surface area (Å²) in [6.07, 6.45) is 0.980. The minimum Gasteiger partial charge on any atom is -0.454 e. The Bertz CT molecular complexity index is 341. The van der Waals surface area contributed by atoms with E-state index in [1.807, 2.05) is 19.2 Å². The van der Waals surface area contributed by atoms with Crippen LogP contribution in [0, 0.1) is 0 Å². The maximum atomic E-state index is 5.31. The molecule has 0 saturated carbocycles. The molecule has 0 aromatic heterocycles. The van der Waals surface area contributed by atoms with Crippen molar-refractivity contribution in [3.05, 3.63) is 22.2 Å². The SMILES string of the molecule is CNCCc1cc2c(cc1Br)OCO2. The summed E-state index contributed by atoms with van der Waals surface area (Å²) in [5.74, 6) is 1.67. The van der Waals surface area contributed by atoms with Gasteiger partial charge in [0.25, 0.3) is 0 Å². The lowest BCUT2D eigenvalue weighted by molar-refractivity contribution is 0.174. The molecule has 1 heterocycles. The quantitative estimate of drug-likeness (QED) is 0.898. The summed E-state index contributed by atoms with van der Waals surface area (Å²) in [7, 11) is 1.95. The lowest BCUT2D eigenvalue weighted by Gasteiger charge is -2.05. The average molecular weight is 258 g/mol. The Morgan fingerprint density at radius 2 is 2.07 bits per heavy atom. The largest absolute Gasteiger partial charge is 0.454 e. The first kappa shape index (κ1) is 9.80. The molecule has 1 aromatic rings. The summed E-state index contributed by atoms with van der Waals surface area (Å²) in [5, 5.41) is 3.12. The van der Waals surface area contributed by atoms with E-state index in [1.165, 1.54) is 5.56 Å². The van der Waals surface area contributed by atoms with Crippen LogP contribution in [0.5, 0.6) is 11.5 Å². The maximum Gasteiger partial charge on any atom is 0.231 e. The van der Waals surface area contributed by atoms with Crippen molar-refractivity contribution < 1.29 is 9.47 Å². The van der Waals surface area contributed by atoms with Crippen LogP contribution in [0.2, 0.25) is 0 Å². The highest BCUT2D eigenvalue weighted by molar-refractivity contribution is 9.10. The predicted molar refractivity (Wildman–Crippen MR) is 57.9 cm³/mol. The van der Waals surface area contributed by atoms with E-state index < -0.39 is 0 Å². The third-order valence-corrected chi connectivity index (χ3v) is 2.92. The summed E-state index contributed by atoms with van der Waals surface area (Å²) in [6.45, 7) is 1.29. The first-order valence-corrected chi connectivity index (χ1v) is 5.33. The summed E-state index contributed by atoms with van der Waals surface area (Å²) in [4.78, 5) is 0. The van der Waals surface area contributed by atoms with Gasteiger partial charge in [-0.1, -0.05) is 15.9 Å². The van der Waals surface area contributed by atoms with Crippen molar-refractivity contribution in [2.75, 3.05) is 20.4 Å². The molecule has 0 spiro atoms. The van der Waals surface area contributed by atoms with Gasteiger partial charge in [0, 0.05) is 4.47 Å². The Balaban J connectivity index is 2.23. The summed E-state index contributed by atoms with van der Waals surface area (Å²) < 4.78 is 11.7. The first-order valence-electron chi connectivity index (χ1n) is 4.54. The number of nitrogens with one attached hydrogen (secondary N) is 1. The standard InChI is InChI=1S/C10H12BrNO2/c1-12-3-2-7-4-9-10(5-8(7)11)14-6-13-9/h4-5,12H,2-3,6H2,1H3. The summed E-state index contributed by atoms with van der Waals surface area (Å²) in [5.41, 5.74) is 1.24. The summed E-state index contributed by atoms with van der Waals surface area (Å²) >= 11 is 3.52. The van der Waals surface area contributed by atoms with Gasteiger partial charge in [0.1, 0.15) is 0 Å². The zero-order valence-corrected chi connectivity index (χ0v) is 9.56. The van der Waals surface area contributed by atoms with E-state index in [4.69, 9.17) is 9.47 Å². The molecule has 2 rings (SSSR count). The fourth-order valence-electron chi connectivity index (χ4n) is 1.41. The van der Waals surface area contributed by atoms with Crippen LogP contribution in [0.15, 0.2) is 16.6 Å². The van der Waals surface area contributed by atoms with Gasteiger partial charge in [-0.3, -0.25) is 0 Å². The van der Waals surface area contributed by atoms with Gasteiger partial charge >= 0.3 is 0 Å². The maximum absolute atomic E-state index is 5.31. The molecule has 0 saturated heterocycles. The monoisotopic (exact) mass is 257 g/mol. The third-order valence-electron chi connectivity index (χ3n) is 2.19. The van der Waals surface area contributed by atoms with E-state index in [0.717, 1.165) is 28.9 Å². The molecule has 4 heteroatoms. The van der Waals surface area contributed by atoms with Crippen LogP contribution in [-0.4, -0.2) is 20.4 Å². The lowest BCUT2D eigenvalue weighted by atomic mass is 10.1. The molecule has 0 radical (unpaired) electrons. The molecule has 0 aliphatic carbocycles. The minimum atomic E-state index is 0.331. The molecular formula is C10H12BrNO2. The van der Waals surface area contributed by atoms with Gasteiger partial charge in [0.15, 0.2) is 11.5 Å². The van der Waals surface area contributed by atoms with Gasteiger partial charge in [-0.2, -0.15) is 0 Å². The van der Waals surface area contributed by atoms with Gasteiger partial charge in [-0.15, -0.1) is 0 Å². The van der Waals surface area contributed by atoms with Crippen LogP contribution < -0.4 is 14.8 Å². The zero-order valence-electron chi connectivity index (χ0n) is 7.97. The fourth-order valence-corrected chi connectivity index (χ4v) is 1.93. The van der Waals surface area contributed by atoms with E-state index >= 15 is 0 Å². The second-order valence-electron chi connectivity index (χ2n) is 3.15. The van der Waals surface area contributed by atoms with Gasteiger partial charge in [0.2, 0.25) is 6.79 Å². The topological polar surface area (TPSA) is 30.5 Å². The van der Waals surface area contributed by atoms with Gasteiger partial charge in [-0.25, -0.2) is 0 Å². The Morgan fingerprint density at radius 3 is 2.79 bits per heavy atom. The number of rotatable bonds is 3. The molecule has 1 aliphatic heterocycles. The van der Waals surface area contributed by atoms with E-state index in [1.54, 1.807) is 0 Å². The number of hydrogen-bond acceptors (Lipinski definition) is 3. The smallest absolute Gasteiger partial charge is 0.231 e. The number of likely N-dealkylation sites (N-methyl/N-ethyl adjacent to an activating group) is 1. The molecule has 0 bridgehead atoms. The molecule has 0 atom stereocenters. The van der Waals surface area contributed by atoms with Crippen molar-refractivity contribution in [2.24, 2.45) is 0 Å². The van der Waals surface area contributed by atoms with Crippen molar-refractivity contribution in [3.8, 4) is 11.5 Å². The van der Waals surface area contributed by atoms with E-state index in [2.05, 4.69) is 21.2 Å². The molecule has 1 aromatic carbocycles. The second-order valence-corrected chi connectivity index (χ2v) is 4.00. The Kier molecular flexibility index (Phi) is 2.93. The minimum absolute atomic E-state index is 0.331. The number of ether oxygens (including phenoxy) is 2. The van der Waals surface area contributed by atoms with Crippen molar-refractivity contribution >= 4 is 15.9 Å². The number of hydrogen-bond donors (Lipinski definition) is 1. The fraction of sp³-hybridized carbons (Fsp3) is 0.400. The molecule has 1 N–H and O–H groups in total. The number of halogens is 1. The van der Waals surface area contributed by atoms with Crippen molar-refractivity contribution in [2.45, 2.75) is 6.42 Å². The van der Waals surface area contributed by atoms with Crippen LogP contribution in [0.25, 0.3) is 0 Å². The van der Waals surface area contributed by atoms with Gasteiger partial charge in [0.05, 0.1) is 0 Å². The Hall–Kier alpha value is -0.740. The molecule has 3 nitrogen and oxygen atoms in total. The van der Waals surface area contributed by atoms with Crippen LogP contribution in [0.1, 0.15) is 5.56 Å². The van der Waals surface area contributed by atoms with Crippen LogP contribution in [0.4, 0.5) is 0 Å². The molecule has 76 valence electrons. The highest BCUT2D eigenvalue weighted by Gasteiger charge is 2.15. The normalized spacial score (nSPS) is 13.3. The van der Waals surface area contributed by atoms with Gasteiger partial charge in [-0.05, 0) is 37.7 Å². The average Bonchev–Trinajstić information content (AvgIpc) is 2.61. The van der Waals surface area contributed by atoms with Crippen molar-refractivity contribution in [1.82, 2.24) is 5.32 Å². The molecular weight excluding hydrogens is 246 g/mol. The molecule has 0 amide bonds. The van der Waals surface area contributed by atoms with Crippen LogP contribution >= 0.6 is 15.9 Å². The Labute approximate surface area is 91.5 Å².